The number of methoxy groups -OCH3 is 1. The molecule has 0 saturated carbocycles. The van der Waals surface area contributed by atoms with Gasteiger partial charge in [0, 0.05) is 12.7 Å². The van der Waals surface area contributed by atoms with Gasteiger partial charge in [-0.25, -0.2) is 9.48 Å². The summed E-state index contributed by atoms with van der Waals surface area (Å²) >= 11 is 1.09. The predicted octanol–water partition coefficient (Wildman–Crippen LogP) is -1.16. The Morgan fingerprint density at radius 2 is 2.14 bits per heavy atom. The summed E-state index contributed by atoms with van der Waals surface area (Å²) in [5, 5.41) is 13.7. The largest absolute Gasteiger partial charge is 0.458 e. The zero-order valence-corrected chi connectivity index (χ0v) is 17.0. The molecule has 0 radical (unpaired) electrons. The number of β-lactam (4-membered cyclic amide) rings is 1. The number of ether oxygens (including phenoxy) is 2. The molecular weight excluding hydrogens is 404 g/mol. The molecule has 156 valence electrons. The van der Waals surface area contributed by atoms with Crippen molar-refractivity contribution in [3.8, 4) is 0 Å². The molecule has 0 bridgehead atoms. The van der Waals surface area contributed by atoms with Crippen LogP contribution >= 0.6 is 11.8 Å². The quantitative estimate of drug-likeness (QED) is 0.257. The van der Waals surface area contributed by atoms with E-state index >= 15 is 0 Å². The molecule has 13 heteroatoms. The second-order valence-electron chi connectivity index (χ2n) is 7.37. The van der Waals surface area contributed by atoms with Gasteiger partial charge in [-0.1, -0.05) is 0 Å². The minimum Gasteiger partial charge on any atom is -0.458 e. The lowest BCUT2D eigenvalue weighted by atomic mass is 9.94. The standard InChI is InChI=1S/C16H20N6O6S/c1-15(2,3)28-12(25)11-9(6-23)7-29-14-16(27-4,13(26)22(11)14)18-10(24)5-21-8-17-19-20-21/h6-8,11,14H,5H2,1-4H3,(H,18,24)/t11?,14-,16?/m0/s1. The number of aromatic nitrogens is 4. The van der Waals surface area contributed by atoms with E-state index < -0.39 is 40.5 Å². The number of carbonyl (C=O) groups is 4. The summed E-state index contributed by atoms with van der Waals surface area (Å²) in [4.78, 5) is 50.7. The van der Waals surface area contributed by atoms with Crippen molar-refractivity contribution in [1.29, 1.82) is 0 Å². The number of tetrazole rings is 1. The molecule has 1 fully saturated rings. The molecule has 0 aliphatic carbocycles. The van der Waals surface area contributed by atoms with Crippen molar-refractivity contribution in [2.45, 2.75) is 50.1 Å². The molecule has 1 N–H and O–H groups in total. The van der Waals surface area contributed by atoms with Crippen molar-refractivity contribution >= 4 is 35.8 Å². The average molecular weight is 424 g/mol. The highest BCUT2D eigenvalue weighted by molar-refractivity contribution is 8.03. The molecule has 1 aromatic heterocycles. The third-order valence-electron chi connectivity index (χ3n) is 4.19. The Morgan fingerprint density at radius 1 is 1.41 bits per heavy atom. The van der Waals surface area contributed by atoms with Gasteiger partial charge in [-0.05, 0) is 36.6 Å². The van der Waals surface area contributed by atoms with E-state index in [2.05, 4.69) is 20.8 Å². The third kappa shape index (κ3) is 3.74. The van der Waals surface area contributed by atoms with Crippen LogP contribution in [0.25, 0.3) is 0 Å². The van der Waals surface area contributed by atoms with E-state index in [1.165, 1.54) is 28.4 Å². The van der Waals surface area contributed by atoms with Gasteiger partial charge in [-0.2, -0.15) is 0 Å². The van der Waals surface area contributed by atoms with E-state index in [-0.39, 0.29) is 12.1 Å². The first kappa shape index (κ1) is 20.9. The molecule has 3 rings (SSSR count). The lowest BCUT2D eigenvalue weighted by Crippen LogP contribution is -2.83. The van der Waals surface area contributed by atoms with Crippen molar-refractivity contribution in [3.05, 3.63) is 17.3 Å². The first-order valence-corrected chi connectivity index (χ1v) is 9.50. The van der Waals surface area contributed by atoms with Crippen LogP contribution in [0.15, 0.2) is 17.3 Å². The highest BCUT2D eigenvalue weighted by Gasteiger charge is 2.67. The molecule has 2 aliphatic rings. The van der Waals surface area contributed by atoms with Crippen LogP contribution in [0, 0.1) is 0 Å². The molecule has 0 aromatic carbocycles. The molecule has 2 amide bonds. The maximum absolute atomic E-state index is 13.0. The van der Waals surface area contributed by atoms with Crippen LogP contribution in [-0.2, 0) is 35.2 Å². The Morgan fingerprint density at radius 3 is 2.69 bits per heavy atom. The predicted molar refractivity (Wildman–Crippen MR) is 97.7 cm³/mol. The van der Waals surface area contributed by atoms with Gasteiger partial charge >= 0.3 is 5.97 Å². The summed E-state index contributed by atoms with van der Waals surface area (Å²) in [5.74, 6) is -1.96. The number of nitrogens with zero attached hydrogens (tertiary/aromatic N) is 5. The van der Waals surface area contributed by atoms with Crippen LogP contribution in [-0.4, -0.2) is 79.0 Å². The Labute approximate surface area is 169 Å². The van der Waals surface area contributed by atoms with E-state index in [1.807, 2.05) is 0 Å². The first-order chi connectivity index (χ1) is 13.6. The summed E-state index contributed by atoms with van der Waals surface area (Å²) in [6.07, 6.45) is 1.76. The van der Waals surface area contributed by atoms with Crippen LogP contribution in [0.4, 0.5) is 0 Å². The molecule has 3 heterocycles. The van der Waals surface area contributed by atoms with Crippen LogP contribution in [0.2, 0.25) is 0 Å². The molecule has 3 atom stereocenters. The molecule has 2 aliphatic heterocycles. The smallest absolute Gasteiger partial charge is 0.334 e. The zero-order chi connectivity index (χ0) is 21.4. The monoisotopic (exact) mass is 424 g/mol. The lowest BCUT2D eigenvalue weighted by molar-refractivity contribution is -0.204. The Bertz CT molecular complexity index is 866. The second-order valence-corrected chi connectivity index (χ2v) is 8.32. The molecule has 29 heavy (non-hydrogen) atoms. The number of carbonyl (C=O) groups excluding carboxylic acids is 4. The highest BCUT2D eigenvalue weighted by atomic mass is 32.2. The van der Waals surface area contributed by atoms with Crippen LogP contribution in [0.5, 0.6) is 0 Å². The number of thioether (sulfide) groups is 1. The van der Waals surface area contributed by atoms with Crippen molar-refractivity contribution in [2.24, 2.45) is 0 Å². The topological polar surface area (TPSA) is 146 Å². The number of nitrogens with one attached hydrogen (secondary N) is 1. The number of amides is 2. The van der Waals surface area contributed by atoms with E-state index in [0.717, 1.165) is 11.8 Å². The molecule has 1 aromatic rings. The third-order valence-corrected chi connectivity index (χ3v) is 5.41. The highest BCUT2D eigenvalue weighted by Crippen LogP contribution is 2.46. The minimum atomic E-state index is -1.69. The number of hydrogen-bond acceptors (Lipinski definition) is 10. The molecule has 12 nitrogen and oxygen atoms in total. The van der Waals surface area contributed by atoms with Gasteiger partial charge in [0.15, 0.2) is 6.04 Å². The number of esters is 1. The van der Waals surface area contributed by atoms with Gasteiger partial charge in [-0.15, -0.1) is 16.9 Å². The zero-order valence-electron chi connectivity index (χ0n) is 16.2. The Kier molecular flexibility index (Phi) is 5.45. The van der Waals surface area contributed by atoms with E-state index in [0.29, 0.717) is 6.29 Å². The fourth-order valence-electron chi connectivity index (χ4n) is 3.02. The van der Waals surface area contributed by atoms with Crippen LogP contribution < -0.4 is 5.32 Å². The second kappa shape index (κ2) is 7.55. The van der Waals surface area contributed by atoms with Crippen LogP contribution in [0.3, 0.4) is 0 Å². The van der Waals surface area contributed by atoms with Crippen molar-refractivity contribution in [3.63, 3.8) is 0 Å². The molecule has 2 unspecified atom stereocenters. The number of rotatable bonds is 6. The van der Waals surface area contributed by atoms with Gasteiger partial charge in [0.2, 0.25) is 5.91 Å². The van der Waals surface area contributed by atoms with Gasteiger partial charge < -0.3 is 19.7 Å². The van der Waals surface area contributed by atoms with Crippen molar-refractivity contribution in [2.75, 3.05) is 7.11 Å². The van der Waals surface area contributed by atoms with Gasteiger partial charge in [0.25, 0.3) is 11.6 Å². The summed E-state index contributed by atoms with van der Waals surface area (Å²) in [6, 6.07) is -1.22. The summed E-state index contributed by atoms with van der Waals surface area (Å²) in [6.45, 7) is 4.82. The van der Waals surface area contributed by atoms with E-state index in [1.54, 1.807) is 20.8 Å². The minimum absolute atomic E-state index is 0.0959. The lowest BCUT2D eigenvalue weighted by Gasteiger charge is -2.57. The maximum Gasteiger partial charge on any atom is 0.334 e. The summed E-state index contributed by atoms with van der Waals surface area (Å²) in [5.41, 5.74) is -2.41. The Hall–Kier alpha value is -2.80. The normalized spacial score (nSPS) is 26.1. The average Bonchev–Trinajstić information content (AvgIpc) is 3.15. The fourth-order valence-corrected chi connectivity index (χ4v) is 4.28. The number of hydrogen-bond donors (Lipinski definition) is 1. The number of aldehydes is 1. The van der Waals surface area contributed by atoms with E-state index in [9.17, 15) is 19.2 Å². The summed E-state index contributed by atoms with van der Waals surface area (Å²) < 4.78 is 11.9. The Balaban J connectivity index is 1.83. The maximum atomic E-state index is 13.0. The first-order valence-electron chi connectivity index (χ1n) is 8.56. The molecular formula is C16H20N6O6S. The fraction of sp³-hybridized carbons (Fsp3) is 0.562. The van der Waals surface area contributed by atoms with Crippen molar-refractivity contribution < 1.29 is 28.7 Å². The molecule has 0 spiro atoms. The van der Waals surface area contributed by atoms with Crippen molar-refractivity contribution in [1.82, 2.24) is 30.4 Å². The molecule has 1 saturated heterocycles. The van der Waals surface area contributed by atoms with Gasteiger partial charge in [0.1, 0.15) is 30.1 Å². The van der Waals surface area contributed by atoms with E-state index in [4.69, 9.17) is 9.47 Å². The SMILES string of the molecule is COC1(NC(=O)Cn2cnnn2)C(=O)N2C(C(=O)OC(C)(C)C)C(C=O)=CS[C@H]21. The van der Waals surface area contributed by atoms with Crippen LogP contribution in [0.1, 0.15) is 20.8 Å². The number of fused-ring (bicyclic) bond motifs is 1. The van der Waals surface area contributed by atoms with Gasteiger partial charge in [0.05, 0.1) is 0 Å². The van der Waals surface area contributed by atoms with Gasteiger partial charge in [-0.3, -0.25) is 14.4 Å². The summed E-state index contributed by atoms with van der Waals surface area (Å²) in [7, 11) is 1.27.